The first-order chi connectivity index (χ1) is 11.6. The van der Waals surface area contributed by atoms with Gasteiger partial charge >= 0.3 is 0 Å². The summed E-state index contributed by atoms with van der Waals surface area (Å²) in [5.41, 5.74) is 1.29. The van der Waals surface area contributed by atoms with Crippen LogP contribution in [0.15, 0.2) is 72.8 Å². The first-order valence-electron chi connectivity index (χ1n) is 7.91. The van der Waals surface area contributed by atoms with E-state index in [0.29, 0.717) is 17.5 Å². The molecule has 0 bridgehead atoms. The van der Waals surface area contributed by atoms with Crippen molar-refractivity contribution in [3.05, 3.63) is 77.8 Å². The molecule has 120 valence electrons. The summed E-state index contributed by atoms with van der Waals surface area (Å²) >= 11 is 5.89. The first kappa shape index (κ1) is 16.5. The van der Waals surface area contributed by atoms with Crippen LogP contribution in [-0.2, 0) is 0 Å². The summed E-state index contributed by atoms with van der Waals surface area (Å²) in [7, 11) is 0. The molecule has 3 rings (SSSR count). The zero-order valence-corrected chi connectivity index (χ0v) is 14.5. The van der Waals surface area contributed by atoms with Crippen LogP contribution in [0.4, 0.5) is 0 Å². The maximum absolute atomic E-state index is 5.91. The van der Waals surface area contributed by atoms with Gasteiger partial charge in [0.2, 0.25) is 0 Å². The second kappa shape index (κ2) is 7.46. The molecule has 0 aliphatic heterocycles. The molecular formula is C20H18BClO2. The van der Waals surface area contributed by atoms with Gasteiger partial charge in [-0.15, -0.1) is 0 Å². The maximum atomic E-state index is 5.91. The van der Waals surface area contributed by atoms with Crippen molar-refractivity contribution in [2.45, 2.75) is 13.6 Å². The zero-order chi connectivity index (χ0) is 16.9. The van der Waals surface area contributed by atoms with Crippen molar-refractivity contribution in [2.24, 2.45) is 0 Å². The van der Waals surface area contributed by atoms with Crippen molar-refractivity contribution in [1.82, 2.24) is 0 Å². The summed E-state index contributed by atoms with van der Waals surface area (Å²) in [6.07, 6.45) is 0. The number of halogens is 1. The fourth-order valence-corrected chi connectivity index (χ4v) is 2.42. The highest BCUT2D eigenvalue weighted by Crippen LogP contribution is 2.28. The van der Waals surface area contributed by atoms with Crippen LogP contribution < -0.4 is 14.9 Å². The Hall–Kier alpha value is -2.39. The molecule has 0 unspecified atom stereocenters. The molecule has 0 atom stereocenters. The van der Waals surface area contributed by atoms with E-state index in [1.54, 1.807) is 12.1 Å². The summed E-state index contributed by atoms with van der Waals surface area (Å²) in [5, 5.41) is 0.685. The molecule has 0 fully saturated rings. The third-order valence-electron chi connectivity index (χ3n) is 3.64. The van der Waals surface area contributed by atoms with Crippen molar-refractivity contribution in [1.29, 1.82) is 0 Å². The minimum atomic E-state index is 0.509. The molecule has 3 aromatic carbocycles. The van der Waals surface area contributed by atoms with Gasteiger partial charge in [-0.3, -0.25) is 0 Å². The number of hydrogen-bond donors (Lipinski definition) is 0. The lowest BCUT2D eigenvalue weighted by Crippen LogP contribution is -2.21. The van der Waals surface area contributed by atoms with Gasteiger partial charge in [-0.1, -0.05) is 48.9 Å². The van der Waals surface area contributed by atoms with E-state index in [1.165, 1.54) is 5.46 Å². The smallest absolute Gasteiger partial charge is 0.169 e. The first-order valence-corrected chi connectivity index (χ1v) is 8.29. The molecule has 0 saturated carbocycles. The summed E-state index contributed by atoms with van der Waals surface area (Å²) < 4.78 is 11.7. The lowest BCUT2D eigenvalue weighted by molar-refractivity contribution is 0.460. The third kappa shape index (κ3) is 4.33. The average molecular weight is 337 g/mol. The normalized spacial score (nSPS) is 10.3. The Balaban J connectivity index is 1.71. The minimum Gasteiger partial charge on any atom is -0.457 e. The van der Waals surface area contributed by atoms with Crippen LogP contribution in [0.2, 0.25) is 18.7 Å². The molecule has 0 aromatic heterocycles. The van der Waals surface area contributed by atoms with Crippen LogP contribution in [0.3, 0.4) is 0 Å². The summed E-state index contributed by atoms with van der Waals surface area (Å²) in [6.45, 7) is 4.86. The Bertz CT molecular complexity index is 799. The van der Waals surface area contributed by atoms with Crippen LogP contribution in [0.5, 0.6) is 23.0 Å². The van der Waals surface area contributed by atoms with Gasteiger partial charge in [0.15, 0.2) is 6.71 Å². The molecule has 24 heavy (non-hydrogen) atoms. The molecule has 0 aliphatic carbocycles. The van der Waals surface area contributed by atoms with Crippen LogP contribution in [-0.4, -0.2) is 6.71 Å². The van der Waals surface area contributed by atoms with E-state index in [1.807, 2.05) is 48.5 Å². The number of benzene rings is 3. The second-order valence-corrected chi connectivity index (χ2v) is 6.29. The van der Waals surface area contributed by atoms with Gasteiger partial charge in [0.1, 0.15) is 23.0 Å². The Morgan fingerprint density at radius 2 is 1.17 bits per heavy atom. The largest absolute Gasteiger partial charge is 0.457 e. The van der Waals surface area contributed by atoms with Crippen LogP contribution >= 0.6 is 11.6 Å². The van der Waals surface area contributed by atoms with E-state index in [9.17, 15) is 0 Å². The highest BCUT2D eigenvalue weighted by Gasteiger charge is 2.04. The van der Waals surface area contributed by atoms with Crippen LogP contribution in [0.1, 0.15) is 0 Å². The van der Waals surface area contributed by atoms with Gasteiger partial charge in [-0.25, -0.2) is 0 Å². The molecule has 0 radical (unpaired) electrons. The van der Waals surface area contributed by atoms with E-state index in [-0.39, 0.29) is 0 Å². The zero-order valence-electron chi connectivity index (χ0n) is 13.7. The number of hydrogen-bond acceptors (Lipinski definition) is 2. The second-order valence-electron chi connectivity index (χ2n) is 5.86. The highest BCUT2D eigenvalue weighted by atomic mass is 35.5. The molecule has 2 nitrogen and oxygen atoms in total. The fourth-order valence-electron chi connectivity index (χ4n) is 2.30. The minimum absolute atomic E-state index is 0.509. The SMILES string of the molecule is CB(C)c1ccc(Oc2cccc(Oc3ccc(Cl)cc3)c2)cc1. The van der Waals surface area contributed by atoms with Crippen molar-refractivity contribution in [3.8, 4) is 23.0 Å². The quantitative estimate of drug-likeness (QED) is 0.541. The highest BCUT2D eigenvalue weighted by molar-refractivity contribution is 6.70. The van der Waals surface area contributed by atoms with E-state index in [0.717, 1.165) is 17.2 Å². The van der Waals surface area contributed by atoms with Crippen LogP contribution in [0, 0.1) is 0 Å². The third-order valence-corrected chi connectivity index (χ3v) is 3.89. The van der Waals surface area contributed by atoms with Gasteiger partial charge in [-0.05, 0) is 48.5 Å². The van der Waals surface area contributed by atoms with E-state index in [2.05, 4.69) is 25.8 Å². The summed E-state index contributed by atoms with van der Waals surface area (Å²) in [6, 6.07) is 23.0. The van der Waals surface area contributed by atoms with Gasteiger partial charge in [-0.2, -0.15) is 0 Å². The Labute approximate surface area is 148 Å². The van der Waals surface area contributed by atoms with E-state index in [4.69, 9.17) is 21.1 Å². The monoisotopic (exact) mass is 336 g/mol. The van der Waals surface area contributed by atoms with Gasteiger partial charge in [0.05, 0.1) is 0 Å². The predicted molar refractivity (Wildman–Crippen MR) is 102 cm³/mol. The molecule has 0 heterocycles. The van der Waals surface area contributed by atoms with E-state index >= 15 is 0 Å². The summed E-state index contributed by atoms with van der Waals surface area (Å²) in [5.74, 6) is 2.99. The molecule has 0 aliphatic rings. The van der Waals surface area contributed by atoms with Gasteiger partial charge in [0, 0.05) is 11.1 Å². The molecule has 4 heteroatoms. The summed E-state index contributed by atoms with van der Waals surface area (Å²) in [4.78, 5) is 0. The molecule has 0 saturated heterocycles. The van der Waals surface area contributed by atoms with Crippen LogP contribution in [0.25, 0.3) is 0 Å². The van der Waals surface area contributed by atoms with Crippen molar-refractivity contribution in [3.63, 3.8) is 0 Å². The molecule has 3 aromatic rings. The van der Waals surface area contributed by atoms with Gasteiger partial charge in [0.25, 0.3) is 0 Å². The topological polar surface area (TPSA) is 18.5 Å². The van der Waals surface area contributed by atoms with Crippen molar-refractivity contribution < 1.29 is 9.47 Å². The molecule has 0 spiro atoms. The fraction of sp³-hybridized carbons (Fsp3) is 0.100. The maximum Gasteiger partial charge on any atom is 0.169 e. The van der Waals surface area contributed by atoms with Crippen molar-refractivity contribution in [2.75, 3.05) is 0 Å². The van der Waals surface area contributed by atoms with Gasteiger partial charge < -0.3 is 9.47 Å². The number of rotatable bonds is 5. The Kier molecular flexibility index (Phi) is 5.12. The standard InChI is InChI=1S/C20H18BClO2/c1-21(2)15-6-10-17(11-7-15)23-19-4-3-5-20(14-19)24-18-12-8-16(22)9-13-18/h3-14H,1-2H3. The number of ether oxygens (including phenoxy) is 2. The lowest BCUT2D eigenvalue weighted by atomic mass is 9.49. The van der Waals surface area contributed by atoms with E-state index < -0.39 is 0 Å². The Morgan fingerprint density at radius 1 is 0.667 bits per heavy atom. The molecule has 0 N–H and O–H groups in total. The Morgan fingerprint density at radius 3 is 1.67 bits per heavy atom. The van der Waals surface area contributed by atoms with Crippen molar-refractivity contribution >= 4 is 23.8 Å². The predicted octanol–water partition coefficient (Wildman–Crippen LogP) is 5.89. The lowest BCUT2D eigenvalue weighted by Gasteiger charge is -2.10. The molecule has 0 amide bonds. The molecular weight excluding hydrogens is 318 g/mol. The average Bonchev–Trinajstić information content (AvgIpc) is 2.58.